The van der Waals surface area contributed by atoms with Crippen LogP contribution < -0.4 is 10.4 Å². The summed E-state index contributed by atoms with van der Waals surface area (Å²) in [6, 6.07) is 5.96. The van der Waals surface area contributed by atoms with Gasteiger partial charge < -0.3 is 78.4 Å². The molecule has 1 aromatic carbocycles. The van der Waals surface area contributed by atoms with E-state index in [9.17, 15) is 50.4 Å². The number of aliphatic hydroxyl groups excluding tert-OH is 8. The zero-order valence-electron chi connectivity index (χ0n) is 25.2. The van der Waals surface area contributed by atoms with E-state index in [0.29, 0.717) is 10.9 Å². The minimum Gasteiger partial charge on any atom is -0.463 e. The lowest BCUT2D eigenvalue weighted by Crippen LogP contribution is -2.66. The van der Waals surface area contributed by atoms with Crippen molar-refractivity contribution in [2.75, 3.05) is 19.8 Å². The highest BCUT2D eigenvalue weighted by molar-refractivity contribution is 5.81. The Bertz CT molecular complexity index is 1430. The monoisotopic (exact) mass is 674 g/mol. The molecule has 0 spiro atoms. The third-order valence-electron chi connectivity index (χ3n) is 8.15. The first-order valence-corrected chi connectivity index (χ1v) is 14.7. The fourth-order valence-corrected chi connectivity index (χ4v) is 5.52. The van der Waals surface area contributed by atoms with Crippen LogP contribution in [0.2, 0.25) is 0 Å². The van der Waals surface area contributed by atoms with E-state index in [4.69, 9.17) is 37.6 Å². The molecule has 3 saturated heterocycles. The van der Waals surface area contributed by atoms with Gasteiger partial charge in [-0.15, -0.1) is 0 Å². The second-order valence-corrected chi connectivity index (χ2v) is 11.5. The minimum absolute atomic E-state index is 0.156. The molecular formula is C29H38O18. The molecule has 0 radical (unpaired) electrons. The van der Waals surface area contributed by atoms with Crippen LogP contribution >= 0.6 is 0 Å². The molecule has 4 heterocycles. The molecule has 18 heteroatoms. The van der Waals surface area contributed by atoms with Crippen molar-refractivity contribution in [3.63, 3.8) is 0 Å². The largest absolute Gasteiger partial charge is 0.463 e. The van der Waals surface area contributed by atoms with Crippen LogP contribution in [0, 0.1) is 6.92 Å². The van der Waals surface area contributed by atoms with Crippen LogP contribution in [0.25, 0.3) is 11.0 Å². The maximum Gasteiger partial charge on any atom is 0.336 e. The number of fused-ring (bicyclic) bond motifs is 1. The summed E-state index contributed by atoms with van der Waals surface area (Å²) in [6.45, 7) is 1.11. The number of aryl methyl sites for hydroxylation is 1. The van der Waals surface area contributed by atoms with Gasteiger partial charge in [0.1, 0.15) is 85.1 Å². The molecule has 0 unspecified atom stereocenters. The van der Waals surface area contributed by atoms with Gasteiger partial charge in [0.15, 0.2) is 12.6 Å². The van der Waals surface area contributed by atoms with Gasteiger partial charge in [-0.25, -0.2) is 4.79 Å². The van der Waals surface area contributed by atoms with E-state index in [-0.39, 0.29) is 11.3 Å². The van der Waals surface area contributed by atoms with E-state index >= 15 is 0 Å². The average Bonchev–Trinajstić information content (AvgIpc) is 3.03. The molecule has 5 rings (SSSR count). The normalized spacial score (nSPS) is 39.4. The summed E-state index contributed by atoms with van der Waals surface area (Å²) in [5.74, 6) is -0.576. The molecule has 14 atom stereocenters. The first-order valence-electron chi connectivity index (χ1n) is 14.7. The lowest BCUT2D eigenvalue weighted by Gasteiger charge is -2.47. The van der Waals surface area contributed by atoms with Crippen LogP contribution in [0.15, 0.2) is 33.5 Å². The maximum atomic E-state index is 11.8. The molecule has 0 saturated carbocycles. The summed E-state index contributed by atoms with van der Waals surface area (Å²) in [4.78, 5) is 23.2. The number of rotatable bonds is 9. The van der Waals surface area contributed by atoms with E-state index < -0.39 is 117 Å². The van der Waals surface area contributed by atoms with Crippen LogP contribution in [0.4, 0.5) is 0 Å². The lowest BCUT2D eigenvalue weighted by atomic mass is 9.96. The van der Waals surface area contributed by atoms with Crippen molar-refractivity contribution < 1.29 is 83.2 Å². The molecule has 1 aromatic heterocycles. The number of carbonyl (C=O) groups excluding carboxylic acids is 1. The lowest BCUT2D eigenvalue weighted by molar-refractivity contribution is -0.372. The van der Waals surface area contributed by atoms with Gasteiger partial charge in [-0.2, -0.15) is 0 Å². The smallest absolute Gasteiger partial charge is 0.336 e. The number of benzene rings is 1. The summed E-state index contributed by atoms with van der Waals surface area (Å²) in [5, 5.41) is 84.6. The molecule has 3 aliphatic heterocycles. The van der Waals surface area contributed by atoms with E-state index in [1.54, 1.807) is 19.1 Å². The Balaban J connectivity index is 1.28. The first-order chi connectivity index (χ1) is 22.3. The Labute approximate surface area is 266 Å². The number of carbonyl (C=O) groups is 1. The maximum absolute atomic E-state index is 11.8. The number of hydrogen-bond donors (Lipinski definition) is 8. The zero-order chi connectivity index (χ0) is 34.2. The van der Waals surface area contributed by atoms with Crippen LogP contribution in [0.5, 0.6) is 5.75 Å². The topological polar surface area (TPSA) is 274 Å². The Morgan fingerprint density at radius 3 is 2.21 bits per heavy atom. The highest BCUT2D eigenvalue weighted by Crippen LogP contribution is 2.32. The second kappa shape index (κ2) is 14.7. The molecule has 3 fully saturated rings. The van der Waals surface area contributed by atoms with Gasteiger partial charge in [0.2, 0.25) is 6.29 Å². The summed E-state index contributed by atoms with van der Waals surface area (Å²) >= 11 is 0. The van der Waals surface area contributed by atoms with Gasteiger partial charge in [0.25, 0.3) is 0 Å². The van der Waals surface area contributed by atoms with Crippen molar-refractivity contribution in [1.29, 1.82) is 0 Å². The fourth-order valence-electron chi connectivity index (χ4n) is 5.52. The molecule has 0 amide bonds. The summed E-state index contributed by atoms with van der Waals surface area (Å²) in [5.41, 5.74) is 0.351. The van der Waals surface area contributed by atoms with Crippen LogP contribution in [0.3, 0.4) is 0 Å². The third kappa shape index (κ3) is 7.60. The minimum atomic E-state index is -1.89. The van der Waals surface area contributed by atoms with Crippen molar-refractivity contribution in [3.05, 3.63) is 40.2 Å². The SMILES string of the molecule is CC(=O)OC[C@H]1O[C@@H](O[C@@H]2CO[C@@H](Oc3ccc4c(C)cc(=O)oc4c3)[C@H](O)[C@H]2O)[C@H](O)[C@@H](O[C@@H]2O[C@H](CO)[C@H](O)[C@H](O)[C@H]2O)[C@H]1O. The molecule has 3 aliphatic rings. The molecule has 0 bridgehead atoms. The zero-order valence-corrected chi connectivity index (χ0v) is 25.2. The van der Waals surface area contributed by atoms with E-state index in [2.05, 4.69) is 0 Å². The van der Waals surface area contributed by atoms with Gasteiger partial charge in [-0.3, -0.25) is 4.79 Å². The summed E-state index contributed by atoms with van der Waals surface area (Å²) in [7, 11) is 0. The molecular weight excluding hydrogens is 636 g/mol. The van der Waals surface area contributed by atoms with Crippen molar-refractivity contribution in [2.24, 2.45) is 0 Å². The van der Waals surface area contributed by atoms with Crippen molar-refractivity contribution in [3.8, 4) is 5.75 Å². The van der Waals surface area contributed by atoms with Gasteiger partial charge >= 0.3 is 11.6 Å². The highest BCUT2D eigenvalue weighted by atomic mass is 16.8. The predicted octanol–water partition coefficient (Wildman–Crippen LogP) is -3.86. The molecule has 47 heavy (non-hydrogen) atoms. The average molecular weight is 675 g/mol. The molecule has 8 N–H and O–H groups in total. The number of ether oxygens (including phenoxy) is 7. The fraction of sp³-hybridized carbons (Fsp3) is 0.655. The van der Waals surface area contributed by atoms with Gasteiger partial charge in [0, 0.05) is 24.4 Å². The standard InChI is InChI=1S/C29H38O18/c1-10-5-18(32)43-14-6-12(3-4-13(10)14)42-27-23(37)20(34)16(9-41-27)45-29-25(39)26(21(35)17(46-29)8-40-11(2)31)47-28-24(38)22(36)19(33)15(7-30)44-28/h3-6,15-17,19-30,33-39H,7-9H2,1-2H3/t15-,16-,17-,19+,20+,21+,22+,23-,24-,25-,26+,27+,28+,29-/m1/s1. The van der Waals surface area contributed by atoms with Crippen LogP contribution in [-0.4, -0.2) is 153 Å². The Morgan fingerprint density at radius 2 is 1.51 bits per heavy atom. The van der Waals surface area contributed by atoms with Crippen LogP contribution in [0.1, 0.15) is 12.5 Å². The van der Waals surface area contributed by atoms with Gasteiger partial charge in [-0.05, 0) is 24.6 Å². The third-order valence-corrected chi connectivity index (χ3v) is 8.15. The van der Waals surface area contributed by atoms with E-state index in [1.807, 2.05) is 0 Å². The van der Waals surface area contributed by atoms with Crippen molar-refractivity contribution in [2.45, 2.75) is 99.9 Å². The Morgan fingerprint density at radius 1 is 0.830 bits per heavy atom. The van der Waals surface area contributed by atoms with Gasteiger partial charge in [0.05, 0.1) is 13.2 Å². The molecule has 18 nitrogen and oxygen atoms in total. The first kappa shape index (κ1) is 35.5. The van der Waals surface area contributed by atoms with Crippen molar-refractivity contribution >= 4 is 16.9 Å². The van der Waals surface area contributed by atoms with Crippen LogP contribution in [-0.2, 0) is 33.2 Å². The number of aliphatic hydroxyl groups is 8. The van der Waals surface area contributed by atoms with E-state index in [0.717, 1.165) is 6.92 Å². The Hall–Kier alpha value is -2.82. The summed E-state index contributed by atoms with van der Waals surface area (Å²) < 4.78 is 43.7. The molecule has 0 aliphatic carbocycles. The number of esters is 1. The van der Waals surface area contributed by atoms with E-state index in [1.165, 1.54) is 12.1 Å². The predicted molar refractivity (Wildman–Crippen MR) is 150 cm³/mol. The highest BCUT2D eigenvalue weighted by Gasteiger charge is 2.52. The Kier molecular flexibility index (Phi) is 11.1. The number of hydrogen-bond acceptors (Lipinski definition) is 18. The molecule has 262 valence electrons. The van der Waals surface area contributed by atoms with Gasteiger partial charge in [-0.1, -0.05) is 0 Å². The molecule has 2 aromatic rings. The second-order valence-electron chi connectivity index (χ2n) is 11.5. The quantitative estimate of drug-likeness (QED) is 0.0933. The van der Waals surface area contributed by atoms with Crippen molar-refractivity contribution in [1.82, 2.24) is 0 Å². The summed E-state index contributed by atoms with van der Waals surface area (Å²) in [6.07, 6.45) is -23.2.